The van der Waals surface area contributed by atoms with Crippen molar-refractivity contribution in [2.45, 2.75) is 4.90 Å². The van der Waals surface area contributed by atoms with Crippen LogP contribution in [-0.4, -0.2) is 46.4 Å². The van der Waals surface area contributed by atoms with Crippen LogP contribution in [0, 0.1) is 0 Å². The van der Waals surface area contributed by atoms with Crippen molar-refractivity contribution in [2.75, 3.05) is 11.6 Å². The van der Waals surface area contributed by atoms with Gasteiger partial charge < -0.3 is 5.11 Å². The molecule has 3 aromatic rings. The Kier molecular flexibility index (Phi) is 4.05. The number of carbonyl (C=O) groups is 2. The highest BCUT2D eigenvalue weighted by molar-refractivity contribution is 7.90. The van der Waals surface area contributed by atoms with E-state index < -0.39 is 21.7 Å². The standard InChI is InChI=1S/C14H12N4O5S2/c1-18-6-8(13(20)21)11(17-18)12(19)16-14-15-9-4-3-7(25(2,22)23)5-10(9)24-14/h3-6H,1-2H3,(H,20,21)(H,15,16,19). The molecule has 9 nitrogen and oxygen atoms in total. The number of sulfone groups is 1. The number of carboxylic acids is 1. The van der Waals surface area contributed by atoms with Crippen LogP contribution in [0.15, 0.2) is 29.3 Å². The first-order valence-electron chi connectivity index (χ1n) is 6.84. The first kappa shape index (κ1) is 17.0. The van der Waals surface area contributed by atoms with Crippen LogP contribution in [-0.2, 0) is 16.9 Å². The largest absolute Gasteiger partial charge is 0.478 e. The van der Waals surface area contributed by atoms with E-state index in [1.807, 2.05) is 0 Å². The van der Waals surface area contributed by atoms with E-state index in [0.717, 1.165) is 17.6 Å². The van der Waals surface area contributed by atoms with Gasteiger partial charge in [0.25, 0.3) is 5.91 Å². The van der Waals surface area contributed by atoms with Gasteiger partial charge in [-0.25, -0.2) is 18.2 Å². The Morgan fingerprint density at radius 2 is 2.04 bits per heavy atom. The molecular formula is C14H12N4O5S2. The summed E-state index contributed by atoms with van der Waals surface area (Å²) < 4.78 is 25.0. The Bertz CT molecular complexity index is 1110. The molecule has 0 radical (unpaired) electrons. The highest BCUT2D eigenvalue weighted by Gasteiger charge is 2.22. The lowest BCUT2D eigenvalue weighted by Crippen LogP contribution is -2.16. The molecule has 0 aliphatic heterocycles. The average Bonchev–Trinajstić information content (AvgIpc) is 3.08. The fourth-order valence-electron chi connectivity index (χ4n) is 2.16. The summed E-state index contributed by atoms with van der Waals surface area (Å²) in [5.74, 6) is -1.97. The monoisotopic (exact) mass is 380 g/mol. The van der Waals surface area contributed by atoms with Crippen molar-refractivity contribution in [3.05, 3.63) is 35.7 Å². The van der Waals surface area contributed by atoms with Gasteiger partial charge in [-0.1, -0.05) is 11.3 Å². The number of aromatic nitrogens is 3. The number of hydrogen-bond acceptors (Lipinski definition) is 7. The third-order valence-corrected chi connectivity index (χ3v) is 5.33. The lowest BCUT2D eigenvalue weighted by atomic mass is 10.2. The molecule has 2 heterocycles. The summed E-state index contributed by atoms with van der Waals surface area (Å²) >= 11 is 1.08. The molecule has 0 unspecified atom stereocenters. The Balaban J connectivity index is 1.93. The molecule has 0 bridgehead atoms. The number of benzene rings is 1. The van der Waals surface area contributed by atoms with Gasteiger partial charge in [0, 0.05) is 19.5 Å². The fourth-order valence-corrected chi connectivity index (χ4v) is 3.78. The van der Waals surface area contributed by atoms with Crippen LogP contribution in [0.4, 0.5) is 5.13 Å². The zero-order valence-electron chi connectivity index (χ0n) is 13.0. The van der Waals surface area contributed by atoms with Crippen LogP contribution < -0.4 is 5.32 Å². The van der Waals surface area contributed by atoms with Crippen molar-refractivity contribution in [1.82, 2.24) is 14.8 Å². The van der Waals surface area contributed by atoms with Gasteiger partial charge in [-0.3, -0.25) is 14.8 Å². The minimum absolute atomic E-state index is 0.152. The van der Waals surface area contributed by atoms with Crippen LogP contribution in [0.3, 0.4) is 0 Å². The number of carbonyl (C=O) groups excluding carboxylic acids is 1. The van der Waals surface area contributed by atoms with Gasteiger partial charge in [-0.15, -0.1) is 0 Å². The predicted octanol–water partition coefficient (Wildman–Crippen LogP) is 1.38. The first-order valence-corrected chi connectivity index (χ1v) is 9.55. The molecule has 0 aliphatic carbocycles. The van der Waals surface area contributed by atoms with Crippen LogP contribution in [0.2, 0.25) is 0 Å². The Hall–Kier alpha value is -2.79. The van der Waals surface area contributed by atoms with E-state index in [9.17, 15) is 18.0 Å². The number of anilines is 1. The molecule has 0 saturated heterocycles. The first-order chi connectivity index (χ1) is 11.6. The summed E-state index contributed by atoms with van der Waals surface area (Å²) in [5.41, 5.74) is 0.0683. The van der Waals surface area contributed by atoms with Gasteiger partial charge in [0.15, 0.2) is 20.7 Å². The third-order valence-electron chi connectivity index (χ3n) is 3.28. The van der Waals surface area contributed by atoms with Crippen LogP contribution in [0.25, 0.3) is 10.2 Å². The maximum absolute atomic E-state index is 12.3. The number of thiazole rings is 1. The van der Waals surface area contributed by atoms with Gasteiger partial charge in [0.1, 0.15) is 5.56 Å². The van der Waals surface area contributed by atoms with Gasteiger partial charge >= 0.3 is 5.97 Å². The summed E-state index contributed by atoms with van der Waals surface area (Å²) in [6.07, 6.45) is 2.33. The smallest absolute Gasteiger partial charge is 0.339 e. The van der Waals surface area contributed by atoms with Gasteiger partial charge in [0.05, 0.1) is 15.1 Å². The van der Waals surface area contributed by atoms with E-state index in [0.29, 0.717) is 10.2 Å². The van der Waals surface area contributed by atoms with Crippen molar-refractivity contribution in [3.8, 4) is 0 Å². The zero-order valence-corrected chi connectivity index (χ0v) is 14.7. The number of hydrogen-bond donors (Lipinski definition) is 2. The molecule has 0 saturated carbocycles. The average molecular weight is 380 g/mol. The minimum atomic E-state index is -3.35. The molecule has 1 amide bonds. The van der Waals surface area contributed by atoms with E-state index in [2.05, 4.69) is 15.4 Å². The molecule has 0 fully saturated rings. The second kappa shape index (κ2) is 5.93. The summed E-state index contributed by atoms with van der Waals surface area (Å²) in [5, 5.41) is 15.7. The molecule has 2 aromatic heterocycles. The molecule has 0 atom stereocenters. The number of aromatic carboxylic acids is 1. The third kappa shape index (κ3) is 3.37. The van der Waals surface area contributed by atoms with E-state index in [1.165, 1.54) is 30.1 Å². The predicted molar refractivity (Wildman–Crippen MR) is 90.9 cm³/mol. The van der Waals surface area contributed by atoms with Crippen molar-refractivity contribution < 1.29 is 23.1 Å². The second-order valence-electron chi connectivity index (χ2n) is 5.25. The maximum Gasteiger partial charge on any atom is 0.339 e. The van der Waals surface area contributed by atoms with Gasteiger partial charge in [-0.2, -0.15) is 5.10 Å². The van der Waals surface area contributed by atoms with E-state index in [4.69, 9.17) is 5.11 Å². The molecule has 130 valence electrons. The van der Waals surface area contributed by atoms with Crippen LogP contribution in [0.1, 0.15) is 20.8 Å². The van der Waals surface area contributed by atoms with E-state index >= 15 is 0 Å². The number of carboxylic acid groups (broad SMARTS) is 1. The Morgan fingerprint density at radius 1 is 1.32 bits per heavy atom. The lowest BCUT2D eigenvalue weighted by Gasteiger charge is -1.98. The summed E-state index contributed by atoms with van der Waals surface area (Å²) in [6.45, 7) is 0. The minimum Gasteiger partial charge on any atom is -0.478 e. The zero-order chi connectivity index (χ0) is 18.4. The molecular weight excluding hydrogens is 368 g/mol. The molecule has 11 heteroatoms. The fraction of sp³-hybridized carbons (Fsp3) is 0.143. The topological polar surface area (TPSA) is 131 Å². The highest BCUT2D eigenvalue weighted by Crippen LogP contribution is 2.28. The number of fused-ring (bicyclic) bond motifs is 1. The number of nitrogens with one attached hydrogen (secondary N) is 1. The van der Waals surface area contributed by atoms with Crippen LogP contribution >= 0.6 is 11.3 Å². The number of rotatable bonds is 4. The quantitative estimate of drug-likeness (QED) is 0.699. The summed E-state index contributed by atoms with van der Waals surface area (Å²) in [7, 11) is -1.84. The molecule has 0 aliphatic rings. The van der Waals surface area contributed by atoms with Crippen molar-refractivity contribution in [1.29, 1.82) is 0 Å². The highest BCUT2D eigenvalue weighted by atomic mass is 32.2. The van der Waals surface area contributed by atoms with Gasteiger partial charge in [0.2, 0.25) is 0 Å². The number of nitrogens with zero attached hydrogens (tertiary/aromatic N) is 3. The second-order valence-corrected chi connectivity index (χ2v) is 8.29. The SMILES string of the molecule is Cn1cc(C(=O)O)c(C(=O)Nc2nc3ccc(S(C)(=O)=O)cc3s2)n1. The molecule has 0 spiro atoms. The molecule has 1 aromatic carbocycles. The van der Waals surface area contributed by atoms with Crippen molar-refractivity contribution >= 4 is 48.4 Å². The number of amides is 1. The Labute approximate surface area is 145 Å². The normalized spacial score (nSPS) is 11.6. The molecule has 3 rings (SSSR count). The van der Waals surface area contributed by atoms with Gasteiger partial charge in [-0.05, 0) is 18.2 Å². The number of aryl methyl sites for hydroxylation is 1. The lowest BCUT2D eigenvalue weighted by molar-refractivity contribution is 0.0692. The summed E-state index contributed by atoms with van der Waals surface area (Å²) in [4.78, 5) is 27.8. The summed E-state index contributed by atoms with van der Waals surface area (Å²) in [6, 6.07) is 4.45. The van der Waals surface area contributed by atoms with Crippen molar-refractivity contribution in [2.24, 2.45) is 7.05 Å². The van der Waals surface area contributed by atoms with Crippen molar-refractivity contribution in [3.63, 3.8) is 0 Å². The van der Waals surface area contributed by atoms with Crippen LogP contribution in [0.5, 0.6) is 0 Å². The molecule has 2 N–H and O–H groups in total. The Morgan fingerprint density at radius 3 is 2.68 bits per heavy atom. The maximum atomic E-state index is 12.3. The molecule has 25 heavy (non-hydrogen) atoms. The van der Waals surface area contributed by atoms with E-state index in [1.54, 1.807) is 6.07 Å². The van der Waals surface area contributed by atoms with E-state index in [-0.39, 0.29) is 21.3 Å².